The summed E-state index contributed by atoms with van der Waals surface area (Å²) in [5.41, 5.74) is 1.16. The molecule has 2 aromatic rings. The Morgan fingerprint density at radius 1 is 1.03 bits per heavy atom. The van der Waals surface area contributed by atoms with Gasteiger partial charge in [0, 0.05) is 24.1 Å². The molecule has 0 bridgehead atoms. The average molecular weight is 449 g/mol. The van der Waals surface area contributed by atoms with Gasteiger partial charge in [-0.15, -0.1) is 0 Å². The Balaban J connectivity index is 1.15. The molecule has 0 radical (unpaired) electrons. The summed E-state index contributed by atoms with van der Waals surface area (Å²) in [4.78, 5) is 52.0. The third-order valence-corrected chi connectivity index (χ3v) is 6.86. The van der Waals surface area contributed by atoms with Crippen molar-refractivity contribution in [2.75, 3.05) is 37.7 Å². The van der Waals surface area contributed by atoms with Crippen molar-refractivity contribution in [1.82, 2.24) is 10.6 Å². The summed E-state index contributed by atoms with van der Waals surface area (Å²) < 4.78 is 4.57. The van der Waals surface area contributed by atoms with Crippen molar-refractivity contribution in [2.45, 2.75) is 18.4 Å². The van der Waals surface area contributed by atoms with Gasteiger partial charge in [-0.1, -0.05) is 18.2 Å². The van der Waals surface area contributed by atoms with Gasteiger partial charge >= 0.3 is 11.9 Å². The van der Waals surface area contributed by atoms with Crippen molar-refractivity contribution < 1.29 is 28.8 Å². The lowest BCUT2D eigenvalue weighted by molar-refractivity contribution is -0.904. The van der Waals surface area contributed by atoms with E-state index in [4.69, 9.17) is 0 Å². The Morgan fingerprint density at radius 2 is 1.76 bits per heavy atom. The van der Waals surface area contributed by atoms with Crippen molar-refractivity contribution in [3.8, 4) is 0 Å². The summed E-state index contributed by atoms with van der Waals surface area (Å²) in [6.45, 7) is 3.39. The summed E-state index contributed by atoms with van der Waals surface area (Å²) in [6.07, 6.45) is 1.50. The first-order valence-corrected chi connectivity index (χ1v) is 11.1. The minimum absolute atomic E-state index is 0.0901. The van der Waals surface area contributed by atoms with Crippen LogP contribution in [0.2, 0.25) is 0 Å². The van der Waals surface area contributed by atoms with Crippen molar-refractivity contribution in [1.29, 1.82) is 0 Å². The first kappa shape index (κ1) is 21.1. The van der Waals surface area contributed by atoms with Gasteiger partial charge in [-0.3, -0.25) is 9.59 Å². The molecule has 1 spiro atoms. The Hall–Kier alpha value is -3.72. The topological polar surface area (TPSA) is 109 Å². The van der Waals surface area contributed by atoms with Crippen LogP contribution in [0, 0.1) is 0 Å². The number of para-hydroxylation sites is 1. The predicted octanol–water partition coefficient (Wildman–Crippen LogP) is -0.262. The molecule has 0 unspecified atom stereocenters. The van der Waals surface area contributed by atoms with E-state index >= 15 is 0 Å². The van der Waals surface area contributed by atoms with Gasteiger partial charge in [0.05, 0.1) is 44.0 Å². The van der Waals surface area contributed by atoms with Gasteiger partial charge in [0.2, 0.25) is 5.91 Å². The number of piperidine rings is 1. The summed E-state index contributed by atoms with van der Waals surface area (Å²) in [5.74, 6) is -1.62. The number of hydrogen-bond acceptors (Lipinski definition) is 6. The van der Waals surface area contributed by atoms with Crippen LogP contribution in [0.15, 0.2) is 48.5 Å². The van der Waals surface area contributed by atoms with E-state index in [1.165, 1.54) is 23.1 Å². The van der Waals surface area contributed by atoms with Crippen molar-refractivity contribution in [2.24, 2.45) is 0 Å². The minimum atomic E-state index is -0.725. The highest BCUT2D eigenvalue weighted by Gasteiger charge is 2.51. The third-order valence-electron chi connectivity index (χ3n) is 6.86. The predicted molar refractivity (Wildman–Crippen MR) is 118 cm³/mol. The van der Waals surface area contributed by atoms with E-state index in [9.17, 15) is 19.2 Å². The van der Waals surface area contributed by atoms with E-state index in [1.807, 2.05) is 30.3 Å². The van der Waals surface area contributed by atoms with Crippen LogP contribution in [0.5, 0.6) is 0 Å². The molecule has 0 aliphatic carbocycles. The smallest absolute Gasteiger partial charge is 0.346 e. The van der Waals surface area contributed by atoms with Crippen LogP contribution < -0.4 is 20.4 Å². The van der Waals surface area contributed by atoms with Crippen LogP contribution in [0.1, 0.15) is 43.9 Å². The number of carbonyl (C=O) groups excluding carboxylic acids is 4. The van der Waals surface area contributed by atoms with Crippen molar-refractivity contribution in [3.63, 3.8) is 0 Å². The second kappa shape index (κ2) is 8.32. The van der Waals surface area contributed by atoms with Crippen LogP contribution in [0.25, 0.3) is 0 Å². The van der Waals surface area contributed by atoms with Gasteiger partial charge in [-0.2, -0.15) is 0 Å². The third kappa shape index (κ3) is 3.74. The molecule has 0 aromatic heterocycles. The molecule has 33 heavy (non-hydrogen) atoms. The number of rotatable bonds is 5. The molecule has 0 saturated carbocycles. The molecule has 3 aliphatic rings. The van der Waals surface area contributed by atoms with E-state index in [1.54, 1.807) is 0 Å². The zero-order chi connectivity index (χ0) is 23.0. The normalized spacial score (nSPS) is 23.9. The minimum Gasteiger partial charge on any atom is -0.386 e. The molecular weight excluding hydrogens is 424 g/mol. The van der Waals surface area contributed by atoms with E-state index in [0.717, 1.165) is 38.2 Å². The number of carbonyl (C=O) groups is 4. The largest absolute Gasteiger partial charge is 0.386 e. The maximum atomic E-state index is 12.8. The molecule has 9 nitrogen and oxygen atoms in total. The number of esters is 2. The number of quaternary nitrogens is 1. The van der Waals surface area contributed by atoms with Gasteiger partial charge < -0.3 is 25.2 Å². The van der Waals surface area contributed by atoms with Gasteiger partial charge in [0.15, 0.2) is 0 Å². The summed E-state index contributed by atoms with van der Waals surface area (Å²) in [6, 6.07) is 14.4. The standard InChI is InChI=1S/C24H24N4O5/c29-20(16-6-7-18-19(14-16)22(31)33-21(18)30)25-10-13-27-11-8-24(9-12-27)23(32)26-15-28(24)17-4-2-1-3-5-17/h1-7,14H,8-13,15H2,(H,25,29)(H,26,32)/p+1. The van der Waals surface area contributed by atoms with E-state index in [0.29, 0.717) is 18.8 Å². The van der Waals surface area contributed by atoms with Gasteiger partial charge in [-0.05, 0) is 30.3 Å². The maximum absolute atomic E-state index is 12.8. The van der Waals surface area contributed by atoms with Crippen molar-refractivity contribution in [3.05, 3.63) is 65.2 Å². The lowest BCUT2D eigenvalue weighted by Crippen LogP contribution is -3.14. The molecule has 3 aliphatic heterocycles. The fourth-order valence-electron chi connectivity index (χ4n) is 4.98. The quantitative estimate of drug-likeness (QED) is 0.429. The summed E-state index contributed by atoms with van der Waals surface area (Å²) in [5, 5.41) is 5.89. The Bertz CT molecular complexity index is 1120. The zero-order valence-corrected chi connectivity index (χ0v) is 18.1. The summed E-state index contributed by atoms with van der Waals surface area (Å²) in [7, 11) is 0. The molecule has 0 atom stereocenters. The fourth-order valence-corrected chi connectivity index (χ4v) is 4.98. The van der Waals surface area contributed by atoms with Gasteiger partial charge in [-0.25, -0.2) is 9.59 Å². The van der Waals surface area contributed by atoms with E-state index in [2.05, 4.69) is 20.3 Å². The maximum Gasteiger partial charge on any atom is 0.346 e. The van der Waals surface area contributed by atoms with E-state index in [-0.39, 0.29) is 22.9 Å². The van der Waals surface area contributed by atoms with Crippen LogP contribution >= 0.6 is 0 Å². The van der Waals surface area contributed by atoms with Crippen LogP contribution in [0.3, 0.4) is 0 Å². The molecular formula is C24H25N4O5+. The lowest BCUT2D eigenvalue weighted by Gasteiger charge is -2.41. The number of nitrogens with zero attached hydrogens (tertiary/aromatic N) is 1. The molecule has 5 rings (SSSR count). The zero-order valence-electron chi connectivity index (χ0n) is 18.1. The number of benzene rings is 2. The number of hydrogen-bond donors (Lipinski definition) is 3. The monoisotopic (exact) mass is 449 g/mol. The summed E-state index contributed by atoms with van der Waals surface area (Å²) >= 11 is 0. The second-order valence-electron chi connectivity index (χ2n) is 8.65. The Morgan fingerprint density at radius 3 is 2.52 bits per heavy atom. The number of nitrogens with one attached hydrogen (secondary N) is 3. The molecule has 9 heteroatoms. The SMILES string of the molecule is O=C(NCC[NH+]1CCC2(CC1)C(=O)NCN2c1ccccc1)c1ccc2c(c1)C(=O)OC2=O. The molecule has 2 saturated heterocycles. The van der Waals surface area contributed by atoms with Crippen molar-refractivity contribution >= 4 is 29.4 Å². The molecule has 2 aromatic carbocycles. The molecule has 2 fully saturated rings. The van der Waals surface area contributed by atoms with Crippen LogP contribution in [0.4, 0.5) is 5.69 Å². The number of anilines is 1. The van der Waals surface area contributed by atoms with Gasteiger partial charge in [0.1, 0.15) is 5.54 Å². The fraction of sp³-hybridized carbons (Fsp3) is 0.333. The number of likely N-dealkylation sites (tertiary alicyclic amines) is 1. The van der Waals surface area contributed by atoms with Crippen LogP contribution in [-0.2, 0) is 9.53 Å². The first-order chi connectivity index (χ1) is 16.0. The number of ether oxygens (including phenoxy) is 1. The Kier molecular flexibility index (Phi) is 5.33. The highest BCUT2D eigenvalue weighted by molar-refractivity contribution is 6.15. The Labute approximate surface area is 190 Å². The lowest BCUT2D eigenvalue weighted by atomic mass is 9.85. The van der Waals surface area contributed by atoms with Gasteiger partial charge in [0.25, 0.3) is 5.91 Å². The highest BCUT2D eigenvalue weighted by atomic mass is 16.6. The molecule has 3 N–H and O–H groups in total. The second-order valence-corrected chi connectivity index (χ2v) is 8.65. The number of fused-ring (bicyclic) bond motifs is 1. The highest BCUT2D eigenvalue weighted by Crippen LogP contribution is 2.33. The number of amides is 2. The average Bonchev–Trinajstić information content (AvgIpc) is 3.31. The van der Waals surface area contributed by atoms with Crippen LogP contribution in [-0.4, -0.2) is 62.1 Å². The number of cyclic esters (lactones) is 2. The molecule has 2 amide bonds. The molecule has 3 heterocycles. The molecule has 170 valence electrons. The van der Waals surface area contributed by atoms with E-state index < -0.39 is 17.5 Å². The first-order valence-electron chi connectivity index (χ1n) is 11.1.